The summed E-state index contributed by atoms with van der Waals surface area (Å²) in [6.07, 6.45) is 3.13. The molecule has 1 aliphatic heterocycles. The van der Waals surface area contributed by atoms with Gasteiger partial charge < -0.3 is 15.0 Å². The zero-order chi connectivity index (χ0) is 25.1. The fourth-order valence-corrected chi connectivity index (χ4v) is 4.16. The number of carbonyl (C=O) groups is 1. The maximum absolute atomic E-state index is 14.3. The van der Waals surface area contributed by atoms with Crippen molar-refractivity contribution in [2.75, 3.05) is 36.5 Å². The highest BCUT2D eigenvalue weighted by Crippen LogP contribution is 2.38. The molecule has 1 saturated heterocycles. The van der Waals surface area contributed by atoms with Gasteiger partial charge in [0, 0.05) is 64.9 Å². The number of rotatable bonds is 6. The highest BCUT2D eigenvalue weighted by Gasteiger charge is 2.33. The molecule has 5 rings (SSSR count). The molecule has 1 aromatic carbocycles. The molecule has 0 saturated carbocycles. The van der Waals surface area contributed by atoms with Gasteiger partial charge in [0.25, 0.3) is 5.91 Å². The second-order valence-electron chi connectivity index (χ2n) is 7.95. The number of carbonyl (C=O) groups excluding carboxylic acids is 1. The Kier molecular flexibility index (Phi) is 6.87. The van der Waals surface area contributed by atoms with Gasteiger partial charge in [-0.2, -0.15) is 13.9 Å². The van der Waals surface area contributed by atoms with E-state index in [9.17, 15) is 13.6 Å². The fraction of sp³-hybridized carbons (Fsp3) is 0.208. The van der Waals surface area contributed by atoms with Crippen LogP contribution >= 0.6 is 22.6 Å². The first kappa shape index (κ1) is 24.2. The molecule has 4 heterocycles. The zero-order valence-corrected chi connectivity index (χ0v) is 21.0. The molecule has 1 N–H and O–H groups in total. The topological polar surface area (TPSA) is 98.1 Å². The molecule has 1 aliphatic rings. The molecule has 0 aliphatic carbocycles. The number of hydrogen-bond donors (Lipinski definition) is 1. The number of anilines is 2. The van der Waals surface area contributed by atoms with Gasteiger partial charge in [0.15, 0.2) is 11.6 Å². The number of pyridine rings is 1. The van der Waals surface area contributed by atoms with Crippen molar-refractivity contribution < 1.29 is 18.3 Å². The van der Waals surface area contributed by atoms with Crippen LogP contribution in [-0.4, -0.2) is 57.2 Å². The number of halogens is 3. The Morgan fingerprint density at radius 1 is 1.06 bits per heavy atom. The number of benzene rings is 1. The van der Waals surface area contributed by atoms with Gasteiger partial charge in [-0.25, -0.2) is 4.68 Å². The predicted molar refractivity (Wildman–Crippen MR) is 138 cm³/mol. The van der Waals surface area contributed by atoms with E-state index in [4.69, 9.17) is 4.74 Å². The molecule has 4 aromatic rings. The maximum Gasteiger partial charge on any atom is 0.338 e. The fourth-order valence-electron chi connectivity index (χ4n) is 3.77. The van der Waals surface area contributed by atoms with Crippen LogP contribution in [0.2, 0.25) is 0 Å². The van der Waals surface area contributed by atoms with Crippen LogP contribution in [0.5, 0.6) is 0 Å². The average Bonchev–Trinajstić information content (AvgIpc) is 3.37. The van der Waals surface area contributed by atoms with Gasteiger partial charge in [0.1, 0.15) is 5.69 Å². The summed E-state index contributed by atoms with van der Waals surface area (Å²) in [5.74, 6) is -0.0867. The van der Waals surface area contributed by atoms with Gasteiger partial charge in [0.2, 0.25) is 0 Å². The molecule has 1 fully saturated rings. The third-order valence-corrected chi connectivity index (χ3v) is 6.10. The molecular formula is C24H20F2IN7O2. The van der Waals surface area contributed by atoms with E-state index in [1.807, 2.05) is 12.1 Å². The Labute approximate surface area is 218 Å². The van der Waals surface area contributed by atoms with Crippen molar-refractivity contribution in [1.29, 1.82) is 0 Å². The van der Waals surface area contributed by atoms with E-state index in [-0.39, 0.29) is 23.2 Å². The summed E-state index contributed by atoms with van der Waals surface area (Å²) < 4.78 is 31.9. The summed E-state index contributed by atoms with van der Waals surface area (Å²) in [4.78, 5) is 19.0. The van der Waals surface area contributed by atoms with Crippen LogP contribution in [0.1, 0.15) is 16.1 Å². The van der Waals surface area contributed by atoms with Crippen molar-refractivity contribution in [1.82, 2.24) is 25.0 Å². The normalized spacial score (nSPS) is 14.0. The first-order valence-corrected chi connectivity index (χ1v) is 12.1. The first-order chi connectivity index (χ1) is 17.4. The lowest BCUT2D eigenvalue weighted by Crippen LogP contribution is -2.36. The van der Waals surface area contributed by atoms with Crippen LogP contribution in [0.25, 0.3) is 17.1 Å². The van der Waals surface area contributed by atoms with E-state index in [0.717, 1.165) is 46.0 Å². The molecule has 0 spiro atoms. The minimum atomic E-state index is -3.20. The molecule has 3 aromatic heterocycles. The van der Waals surface area contributed by atoms with Crippen LogP contribution < -0.4 is 10.2 Å². The van der Waals surface area contributed by atoms with Gasteiger partial charge >= 0.3 is 3.93 Å². The molecule has 12 heteroatoms. The molecule has 0 radical (unpaired) electrons. The van der Waals surface area contributed by atoms with Gasteiger partial charge in [-0.15, -0.1) is 10.2 Å². The molecule has 0 bridgehead atoms. The van der Waals surface area contributed by atoms with Crippen LogP contribution in [-0.2, 0) is 8.67 Å². The van der Waals surface area contributed by atoms with E-state index in [2.05, 4.69) is 30.5 Å². The maximum atomic E-state index is 14.3. The minimum absolute atomic E-state index is 0.0868. The van der Waals surface area contributed by atoms with E-state index in [1.54, 1.807) is 36.7 Å². The summed E-state index contributed by atoms with van der Waals surface area (Å²) in [6, 6.07) is 15.0. The largest absolute Gasteiger partial charge is 0.378 e. The highest BCUT2D eigenvalue weighted by atomic mass is 127. The van der Waals surface area contributed by atoms with Crippen LogP contribution in [0.15, 0.2) is 67.0 Å². The third-order valence-electron chi connectivity index (χ3n) is 5.55. The van der Waals surface area contributed by atoms with E-state index in [1.165, 1.54) is 18.2 Å². The Morgan fingerprint density at radius 3 is 2.58 bits per heavy atom. The van der Waals surface area contributed by atoms with E-state index >= 15 is 0 Å². The summed E-state index contributed by atoms with van der Waals surface area (Å²) in [5.41, 5.74) is 1.96. The number of nitrogens with one attached hydrogen (secondary N) is 1. The van der Waals surface area contributed by atoms with Gasteiger partial charge in [-0.3, -0.25) is 9.78 Å². The lowest BCUT2D eigenvalue weighted by molar-refractivity contribution is 0.102. The van der Waals surface area contributed by atoms with E-state index < -0.39 is 3.93 Å². The molecule has 0 unspecified atom stereocenters. The summed E-state index contributed by atoms with van der Waals surface area (Å²) in [7, 11) is 0. The van der Waals surface area contributed by atoms with Crippen LogP contribution in [0.4, 0.5) is 20.3 Å². The number of nitrogens with zero attached hydrogens (tertiary/aromatic N) is 6. The van der Waals surface area contributed by atoms with Crippen molar-refractivity contribution in [3.05, 3.63) is 78.2 Å². The van der Waals surface area contributed by atoms with Gasteiger partial charge in [-0.1, -0.05) is 6.07 Å². The van der Waals surface area contributed by atoms with Gasteiger partial charge in [0.05, 0.1) is 18.9 Å². The minimum Gasteiger partial charge on any atom is -0.378 e. The van der Waals surface area contributed by atoms with Crippen molar-refractivity contribution in [2.24, 2.45) is 0 Å². The Hall–Kier alpha value is -3.52. The van der Waals surface area contributed by atoms with Crippen LogP contribution in [0, 0.1) is 0 Å². The lowest BCUT2D eigenvalue weighted by Gasteiger charge is -2.29. The smallest absolute Gasteiger partial charge is 0.338 e. The second-order valence-corrected chi connectivity index (χ2v) is 9.30. The Morgan fingerprint density at radius 2 is 1.89 bits per heavy atom. The van der Waals surface area contributed by atoms with E-state index in [0.29, 0.717) is 30.0 Å². The van der Waals surface area contributed by atoms with Crippen LogP contribution in [0.3, 0.4) is 0 Å². The summed E-state index contributed by atoms with van der Waals surface area (Å²) >= 11 is 1.05. The quantitative estimate of drug-likeness (QED) is 0.259. The summed E-state index contributed by atoms with van der Waals surface area (Å²) in [6.45, 7) is 2.80. The van der Waals surface area contributed by atoms with Crippen molar-refractivity contribution in [3.8, 4) is 17.1 Å². The van der Waals surface area contributed by atoms with Gasteiger partial charge in [-0.05, 0) is 48.5 Å². The molecule has 0 atom stereocenters. The van der Waals surface area contributed by atoms with Crippen molar-refractivity contribution >= 4 is 40.0 Å². The molecule has 36 heavy (non-hydrogen) atoms. The standard InChI is InChI=1S/C24H20F2IN7O2/c25-24(26,27)20-14-19(17-4-2-8-28-15-17)32-34(20)22-7-6-21(30-31-22)29-23(35)16-3-1-5-18(13-16)33-9-11-36-12-10-33/h1-8,13-15H,9-12H2,(H,29,30,35). The predicted octanol–water partition coefficient (Wildman–Crippen LogP) is 4.30. The molecule has 9 nitrogen and oxygen atoms in total. The number of morpholine rings is 1. The third kappa shape index (κ3) is 5.33. The molecular weight excluding hydrogens is 583 g/mol. The number of ether oxygens (including phenoxy) is 1. The Balaban J connectivity index is 1.36. The zero-order valence-electron chi connectivity index (χ0n) is 18.8. The number of alkyl halides is 3. The molecule has 184 valence electrons. The molecule has 1 amide bonds. The SMILES string of the molecule is O=C(Nc1ccc(-n2nc(-c3cccnc3)cc2C(F)(F)I)nn1)c1cccc(N2CCOCC2)c1. The summed E-state index contributed by atoms with van der Waals surface area (Å²) in [5, 5.41) is 15.0. The highest BCUT2D eigenvalue weighted by molar-refractivity contribution is 14.1. The monoisotopic (exact) mass is 603 g/mol. The average molecular weight is 603 g/mol. The second kappa shape index (κ2) is 10.2. The van der Waals surface area contributed by atoms with Crippen molar-refractivity contribution in [3.63, 3.8) is 0 Å². The first-order valence-electron chi connectivity index (χ1n) is 11.0. The number of amides is 1. The Bertz CT molecular complexity index is 1360. The van der Waals surface area contributed by atoms with Crippen molar-refractivity contribution in [2.45, 2.75) is 3.93 Å². The number of hydrogen-bond acceptors (Lipinski definition) is 7. The lowest BCUT2D eigenvalue weighted by atomic mass is 10.1. The number of aromatic nitrogens is 5.